The maximum atomic E-state index is 2.08. The molecule has 16 saturated carbocycles. The average Bonchev–Trinajstić information content (AvgIpc) is 1.54. The van der Waals surface area contributed by atoms with Crippen molar-refractivity contribution in [2.24, 2.45) is 142 Å². The van der Waals surface area contributed by atoms with Gasteiger partial charge in [-0.1, -0.05) is 352 Å². The molecule has 0 amide bonds. The number of aryl methyl sites for hydroxylation is 6. The van der Waals surface area contributed by atoms with Crippen LogP contribution in [0.4, 0.5) is 0 Å². The van der Waals surface area contributed by atoms with Crippen molar-refractivity contribution in [3.05, 3.63) is 215 Å². The maximum Gasteiger partial charge on any atom is -0.0321 e. The van der Waals surface area contributed by atoms with Crippen LogP contribution in [0.1, 0.15) is 311 Å². The van der Waals surface area contributed by atoms with E-state index in [2.05, 4.69) is 114 Å². The average molecular weight is 1470 g/mol. The van der Waals surface area contributed by atoms with Crippen molar-refractivity contribution in [1.29, 1.82) is 0 Å². The number of benzene rings is 6. The van der Waals surface area contributed by atoms with E-state index in [0.717, 1.165) is 0 Å². The lowest BCUT2D eigenvalue weighted by atomic mass is 9.64. The highest BCUT2D eigenvalue weighted by molar-refractivity contribution is 5.19. The van der Waals surface area contributed by atoms with Crippen molar-refractivity contribution in [3.8, 4) is 0 Å². The molecule has 16 fully saturated rings. The minimum absolute atomic E-state index is 1.19. The van der Waals surface area contributed by atoms with Crippen molar-refractivity contribution >= 4 is 0 Å². The molecule has 0 heterocycles. The van der Waals surface area contributed by atoms with Crippen molar-refractivity contribution in [2.75, 3.05) is 0 Å². The summed E-state index contributed by atoms with van der Waals surface area (Å²) >= 11 is 0. The second kappa shape index (κ2) is 52.6. The van der Waals surface area contributed by atoms with Gasteiger partial charge in [-0.3, -0.25) is 0 Å². The summed E-state index contributed by atoms with van der Waals surface area (Å²) in [4.78, 5) is 0. The molecular formula is C108H172. The number of fused-ring (bicyclic) bond motifs is 34. The molecule has 16 aliphatic carbocycles. The van der Waals surface area contributed by atoms with E-state index in [9.17, 15) is 0 Å². The summed E-state index contributed by atoms with van der Waals surface area (Å²) < 4.78 is 0. The number of hydrogen-bond acceptors (Lipinski definition) is 0. The van der Waals surface area contributed by atoms with Gasteiger partial charge >= 0.3 is 0 Å². The molecular weight excluding hydrogens is 1300 g/mol. The van der Waals surface area contributed by atoms with Crippen molar-refractivity contribution in [2.45, 2.75) is 319 Å². The van der Waals surface area contributed by atoms with E-state index in [1.807, 2.05) is 220 Å². The zero-order chi connectivity index (χ0) is 78.9. The molecule has 0 saturated heterocycles. The Morgan fingerprint density at radius 2 is 0.287 bits per heavy atom. The molecule has 0 nitrogen and oxygen atoms in total. The Bertz CT molecular complexity index is 2600. The van der Waals surface area contributed by atoms with Crippen LogP contribution in [0.25, 0.3) is 0 Å². The first kappa shape index (κ1) is 93.9. The summed E-state index contributed by atoms with van der Waals surface area (Å²) in [6.07, 6.45) is 41.8. The van der Waals surface area contributed by atoms with Gasteiger partial charge < -0.3 is 0 Å². The van der Waals surface area contributed by atoms with Crippen LogP contribution in [0, 0.1) is 184 Å². The molecule has 16 aliphatic rings. The molecule has 24 atom stereocenters. The third-order valence-electron chi connectivity index (χ3n) is 29.0. The number of hydrogen-bond donors (Lipinski definition) is 0. The van der Waals surface area contributed by atoms with Gasteiger partial charge in [0.1, 0.15) is 0 Å². The summed E-state index contributed by atoms with van der Waals surface area (Å²) in [7, 11) is 0. The Labute approximate surface area is 672 Å². The highest BCUT2D eigenvalue weighted by atomic mass is 14.7. The molecule has 108 heavy (non-hydrogen) atoms. The fraction of sp³-hybridized carbons (Fsp3) is 0.667. The molecule has 22 rings (SSSR count). The second-order valence-electron chi connectivity index (χ2n) is 33.7. The molecule has 6 aromatic carbocycles. The Hall–Kier alpha value is -4.68. The van der Waals surface area contributed by atoms with Gasteiger partial charge in [0.25, 0.3) is 0 Å². The minimum Gasteiger partial charge on any atom is -0.0683 e. The van der Waals surface area contributed by atoms with E-state index < -0.39 is 0 Å². The van der Waals surface area contributed by atoms with Gasteiger partial charge in [0.2, 0.25) is 0 Å². The normalized spacial score (nSPS) is 33.6. The van der Waals surface area contributed by atoms with E-state index in [4.69, 9.17) is 0 Å². The standard InChI is InChI=1S/2C15H22.2C10H16.6C7H8.8C2H6/c2*1-2-10-11(3-1)13-7-12(10)14-8-4-5-9(6-8)15(13)14;2*1-2-9-7-4-5-8(6-7)10(9)3-1;6*1-7-5-3-2-4-6-7;8*1-2/h2*8-15H,1-7H2;2*7-10H,1-6H2;6*2-6H,1H3;8*1-2H3. The zero-order valence-corrected chi connectivity index (χ0v) is 74.6. The molecule has 0 aromatic heterocycles. The van der Waals surface area contributed by atoms with Crippen LogP contribution in [-0.4, -0.2) is 0 Å². The topological polar surface area (TPSA) is 0 Å². The monoisotopic (exact) mass is 1470 g/mol. The molecule has 6 aromatic rings. The lowest BCUT2D eigenvalue weighted by Crippen LogP contribution is -2.35. The van der Waals surface area contributed by atoms with Gasteiger partial charge in [-0.25, -0.2) is 0 Å². The van der Waals surface area contributed by atoms with Crippen LogP contribution in [0.2, 0.25) is 0 Å². The van der Waals surface area contributed by atoms with Crippen LogP contribution in [-0.2, 0) is 0 Å². The smallest absolute Gasteiger partial charge is 0.0321 e. The van der Waals surface area contributed by atoms with Crippen LogP contribution in [0.5, 0.6) is 0 Å². The highest BCUT2D eigenvalue weighted by Crippen LogP contribution is 2.74. The predicted octanol–water partition coefficient (Wildman–Crippen LogP) is 33.3. The second-order valence-corrected chi connectivity index (χ2v) is 33.7. The van der Waals surface area contributed by atoms with Crippen LogP contribution < -0.4 is 0 Å². The summed E-state index contributed by atoms with van der Waals surface area (Å²) in [5, 5.41) is 0. The lowest BCUT2D eigenvalue weighted by Gasteiger charge is -2.40. The minimum atomic E-state index is 1.19. The van der Waals surface area contributed by atoms with Crippen molar-refractivity contribution in [3.63, 3.8) is 0 Å². The summed E-state index contributed by atoms with van der Waals surface area (Å²) in [5.41, 5.74) is 7.93. The Morgan fingerprint density at radius 1 is 0.148 bits per heavy atom. The van der Waals surface area contributed by atoms with Gasteiger partial charge in [0.05, 0.1) is 0 Å². The molecule has 0 spiro atoms. The quantitative estimate of drug-likeness (QED) is 0.133. The third-order valence-corrected chi connectivity index (χ3v) is 29.0. The molecule has 24 unspecified atom stereocenters. The van der Waals surface area contributed by atoms with Gasteiger partial charge in [0, 0.05) is 0 Å². The molecule has 0 aliphatic heterocycles. The van der Waals surface area contributed by atoms with Gasteiger partial charge in [-0.15, -0.1) is 0 Å². The van der Waals surface area contributed by atoms with E-state index in [1.165, 1.54) is 175 Å². The van der Waals surface area contributed by atoms with Gasteiger partial charge in [-0.2, -0.15) is 0 Å². The van der Waals surface area contributed by atoms with E-state index in [0.29, 0.717) is 0 Å². The Balaban J connectivity index is 0.000000214. The molecule has 0 radical (unpaired) electrons. The molecule has 604 valence electrons. The van der Waals surface area contributed by atoms with Crippen molar-refractivity contribution < 1.29 is 0 Å². The summed E-state index contributed by atoms with van der Waals surface area (Å²) in [6.45, 7) is 44.5. The van der Waals surface area contributed by atoms with E-state index >= 15 is 0 Å². The fourth-order valence-electron chi connectivity index (χ4n) is 25.8. The van der Waals surface area contributed by atoms with E-state index in [1.54, 1.807) is 167 Å². The Morgan fingerprint density at radius 3 is 0.435 bits per heavy atom. The van der Waals surface area contributed by atoms with Crippen LogP contribution >= 0.6 is 0 Å². The lowest BCUT2D eigenvalue weighted by molar-refractivity contribution is 0.0716. The Kier molecular flexibility index (Phi) is 45.7. The van der Waals surface area contributed by atoms with Crippen molar-refractivity contribution in [1.82, 2.24) is 0 Å². The largest absolute Gasteiger partial charge is 0.0683 e. The number of rotatable bonds is 0. The SMILES string of the molecule is C1CC2C(C1)C1CC2C2C3CCC(C3)C12.C1CC2C(C1)C1CC2C2C3CCC(C3)C12.C1CC2C3CCC(C3)C2C1.C1CC2C3CCC(C3)C2C1.CC.CC.CC.CC.CC.CC.CC.CC.Cc1ccccc1.Cc1ccccc1.Cc1ccccc1.Cc1ccccc1.Cc1ccccc1.Cc1ccccc1. The van der Waals surface area contributed by atoms with Gasteiger partial charge in [0.15, 0.2) is 0 Å². The fourth-order valence-corrected chi connectivity index (χ4v) is 25.8. The molecule has 0 heteroatoms. The maximum absolute atomic E-state index is 2.08. The molecule has 12 bridgehead atoms. The zero-order valence-electron chi connectivity index (χ0n) is 74.6. The first-order chi connectivity index (χ1) is 53.1. The third kappa shape index (κ3) is 25.7. The predicted molar refractivity (Wildman–Crippen MR) is 482 cm³/mol. The molecule has 0 N–H and O–H groups in total. The van der Waals surface area contributed by atoms with Crippen LogP contribution in [0.3, 0.4) is 0 Å². The summed E-state index contributed by atoms with van der Waals surface area (Å²) in [5.74, 6) is 29.2. The highest BCUT2D eigenvalue weighted by Gasteiger charge is 2.67. The summed E-state index contributed by atoms with van der Waals surface area (Å²) in [6, 6.07) is 61.6. The van der Waals surface area contributed by atoms with E-state index in [-0.39, 0.29) is 0 Å². The van der Waals surface area contributed by atoms with Crippen LogP contribution in [0.15, 0.2) is 182 Å². The first-order valence-corrected chi connectivity index (χ1v) is 47.2. The first-order valence-electron chi connectivity index (χ1n) is 47.2. The van der Waals surface area contributed by atoms with Gasteiger partial charge in [-0.05, 0) is 325 Å².